The summed E-state index contributed by atoms with van der Waals surface area (Å²) in [7, 11) is 0. The van der Waals surface area contributed by atoms with Crippen LogP contribution in [0.1, 0.15) is 47.1 Å². The first kappa shape index (κ1) is 17.7. The molecule has 4 nitrogen and oxygen atoms in total. The molecule has 1 amide bonds. The number of hydrogen-bond donors (Lipinski definition) is 2. The van der Waals surface area contributed by atoms with Crippen LogP contribution in [-0.4, -0.2) is 30.1 Å². The summed E-state index contributed by atoms with van der Waals surface area (Å²) in [6, 6.07) is 12.4. The van der Waals surface area contributed by atoms with Crippen molar-refractivity contribution in [2.24, 2.45) is 5.41 Å². The summed E-state index contributed by atoms with van der Waals surface area (Å²) in [6.45, 7) is 10.0. The van der Waals surface area contributed by atoms with Crippen molar-refractivity contribution in [1.29, 1.82) is 0 Å². The highest BCUT2D eigenvalue weighted by Crippen LogP contribution is 2.27. The van der Waals surface area contributed by atoms with Crippen molar-refractivity contribution >= 4 is 5.91 Å². The summed E-state index contributed by atoms with van der Waals surface area (Å²) < 4.78 is 2.22. The third-order valence-corrected chi connectivity index (χ3v) is 5.49. The molecule has 3 rings (SSSR count). The Bertz CT molecular complexity index is 727. The average molecular weight is 339 g/mol. The third kappa shape index (κ3) is 4.13. The van der Waals surface area contributed by atoms with Crippen LogP contribution in [0.25, 0.3) is 0 Å². The van der Waals surface area contributed by atoms with Crippen LogP contribution in [0.15, 0.2) is 36.4 Å². The average Bonchev–Trinajstić information content (AvgIpc) is 2.90. The molecule has 2 N–H and O–H groups in total. The number of nitrogens with zero attached hydrogens (tertiary/aromatic N) is 1. The Hall–Kier alpha value is -2.07. The van der Waals surface area contributed by atoms with Crippen LogP contribution in [0, 0.1) is 19.3 Å². The predicted octanol–water partition coefficient (Wildman–Crippen LogP) is 3.27. The van der Waals surface area contributed by atoms with Gasteiger partial charge in [-0.1, -0.05) is 37.3 Å². The molecule has 0 unspecified atom stereocenters. The largest absolute Gasteiger partial charge is 0.351 e. The van der Waals surface area contributed by atoms with E-state index in [1.165, 1.54) is 5.56 Å². The molecule has 25 heavy (non-hydrogen) atoms. The Labute approximate surface area is 150 Å². The summed E-state index contributed by atoms with van der Waals surface area (Å²) >= 11 is 0. The maximum atomic E-state index is 12.7. The van der Waals surface area contributed by atoms with Crippen LogP contribution < -0.4 is 10.6 Å². The van der Waals surface area contributed by atoms with Crippen molar-refractivity contribution < 1.29 is 4.79 Å². The Morgan fingerprint density at radius 2 is 1.88 bits per heavy atom. The van der Waals surface area contributed by atoms with Crippen molar-refractivity contribution in [2.75, 3.05) is 19.6 Å². The fourth-order valence-electron chi connectivity index (χ4n) is 3.64. The molecule has 4 heteroatoms. The van der Waals surface area contributed by atoms with Gasteiger partial charge in [-0.15, -0.1) is 0 Å². The summed E-state index contributed by atoms with van der Waals surface area (Å²) in [4.78, 5) is 12.7. The highest BCUT2D eigenvalue weighted by Gasteiger charge is 2.27. The fourth-order valence-corrected chi connectivity index (χ4v) is 3.64. The van der Waals surface area contributed by atoms with Crippen LogP contribution in [0.2, 0.25) is 0 Å². The number of aromatic nitrogens is 1. The van der Waals surface area contributed by atoms with E-state index in [1.807, 2.05) is 19.1 Å². The minimum Gasteiger partial charge on any atom is -0.351 e. The van der Waals surface area contributed by atoms with Crippen LogP contribution in [0.3, 0.4) is 0 Å². The molecule has 0 spiro atoms. The van der Waals surface area contributed by atoms with Crippen molar-refractivity contribution in [3.63, 3.8) is 0 Å². The fraction of sp³-hybridized carbons (Fsp3) is 0.476. The van der Waals surface area contributed by atoms with Gasteiger partial charge in [-0.2, -0.15) is 0 Å². The van der Waals surface area contributed by atoms with Gasteiger partial charge < -0.3 is 15.2 Å². The number of carbonyl (C=O) groups is 1. The highest BCUT2D eigenvalue weighted by molar-refractivity contribution is 5.95. The lowest BCUT2D eigenvalue weighted by Crippen LogP contribution is -2.43. The number of aryl methyl sites for hydroxylation is 1. The summed E-state index contributed by atoms with van der Waals surface area (Å²) in [5.74, 6) is 0.0483. The standard InChI is InChI=1S/C21H29N3O/c1-16-13-19(17(2)24(16)14-18-7-5-4-6-8-18)20(25)23-15-21(3)9-11-22-12-10-21/h4-8,13,22H,9-12,14-15H2,1-3H3,(H,23,25). The molecule has 0 bridgehead atoms. The normalized spacial score (nSPS) is 16.6. The monoisotopic (exact) mass is 339 g/mol. The molecule has 1 aliphatic rings. The molecule has 1 aromatic carbocycles. The van der Waals surface area contributed by atoms with Gasteiger partial charge >= 0.3 is 0 Å². The number of nitrogens with one attached hydrogen (secondary N) is 2. The van der Waals surface area contributed by atoms with Crippen molar-refractivity contribution in [2.45, 2.75) is 40.2 Å². The second-order valence-corrected chi connectivity index (χ2v) is 7.60. The van der Waals surface area contributed by atoms with Gasteiger partial charge in [-0.05, 0) is 56.8 Å². The molecular formula is C21H29N3O. The summed E-state index contributed by atoms with van der Waals surface area (Å²) in [6.07, 6.45) is 2.22. The Morgan fingerprint density at radius 1 is 1.20 bits per heavy atom. The molecule has 1 aromatic heterocycles. The second kappa shape index (κ2) is 7.44. The molecule has 1 saturated heterocycles. The molecule has 1 fully saturated rings. The van der Waals surface area contributed by atoms with Crippen LogP contribution >= 0.6 is 0 Å². The molecule has 0 saturated carbocycles. The first-order valence-electron chi connectivity index (χ1n) is 9.18. The van der Waals surface area contributed by atoms with Crippen molar-refractivity contribution in [3.05, 3.63) is 58.9 Å². The number of rotatable bonds is 5. The quantitative estimate of drug-likeness (QED) is 0.878. The van der Waals surface area contributed by atoms with Gasteiger partial charge in [0.15, 0.2) is 0 Å². The summed E-state index contributed by atoms with van der Waals surface area (Å²) in [5.41, 5.74) is 4.41. The lowest BCUT2D eigenvalue weighted by Gasteiger charge is -2.34. The SMILES string of the molecule is Cc1cc(C(=O)NCC2(C)CCNCC2)c(C)n1Cc1ccccc1. The zero-order valence-electron chi connectivity index (χ0n) is 15.6. The molecule has 0 radical (unpaired) electrons. The third-order valence-electron chi connectivity index (χ3n) is 5.49. The van der Waals surface area contributed by atoms with Gasteiger partial charge in [0.2, 0.25) is 0 Å². The number of piperidine rings is 1. The van der Waals surface area contributed by atoms with E-state index in [0.717, 1.165) is 56.0 Å². The summed E-state index contributed by atoms with van der Waals surface area (Å²) in [5, 5.41) is 6.56. The van der Waals surface area contributed by atoms with E-state index >= 15 is 0 Å². The van der Waals surface area contributed by atoms with Gasteiger partial charge in [0.1, 0.15) is 0 Å². The van der Waals surface area contributed by atoms with E-state index in [0.29, 0.717) is 0 Å². The zero-order valence-corrected chi connectivity index (χ0v) is 15.6. The lowest BCUT2D eigenvalue weighted by molar-refractivity contribution is 0.0921. The first-order valence-corrected chi connectivity index (χ1v) is 9.18. The second-order valence-electron chi connectivity index (χ2n) is 7.60. The molecule has 0 atom stereocenters. The molecule has 2 aromatic rings. The minimum absolute atomic E-state index is 0.0483. The smallest absolute Gasteiger partial charge is 0.253 e. The van der Waals surface area contributed by atoms with Crippen LogP contribution in [0.5, 0.6) is 0 Å². The van der Waals surface area contributed by atoms with E-state index < -0.39 is 0 Å². The van der Waals surface area contributed by atoms with E-state index in [4.69, 9.17) is 0 Å². The first-order chi connectivity index (χ1) is 12.0. The van der Waals surface area contributed by atoms with Gasteiger partial charge in [0, 0.05) is 24.5 Å². The number of amides is 1. The van der Waals surface area contributed by atoms with Gasteiger partial charge in [0.25, 0.3) is 5.91 Å². The molecule has 134 valence electrons. The number of hydrogen-bond acceptors (Lipinski definition) is 2. The predicted molar refractivity (Wildman–Crippen MR) is 102 cm³/mol. The Kier molecular flexibility index (Phi) is 5.28. The van der Waals surface area contributed by atoms with E-state index in [9.17, 15) is 4.79 Å². The Morgan fingerprint density at radius 3 is 2.56 bits per heavy atom. The van der Waals surface area contributed by atoms with E-state index in [-0.39, 0.29) is 11.3 Å². The van der Waals surface area contributed by atoms with Crippen LogP contribution in [0.4, 0.5) is 0 Å². The number of benzene rings is 1. The van der Waals surface area contributed by atoms with Gasteiger partial charge in [-0.3, -0.25) is 4.79 Å². The van der Waals surface area contributed by atoms with Gasteiger partial charge in [0.05, 0.1) is 5.56 Å². The van der Waals surface area contributed by atoms with E-state index in [2.05, 4.69) is 53.3 Å². The molecular weight excluding hydrogens is 310 g/mol. The topological polar surface area (TPSA) is 46.1 Å². The van der Waals surface area contributed by atoms with Crippen LogP contribution in [-0.2, 0) is 6.54 Å². The van der Waals surface area contributed by atoms with Gasteiger partial charge in [-0.25, -0.2) is 0 Å². The highest BCUT2D eigenvalue weighted by atomic mass is 16.1. The maximum Gasteiger partial charge on any atom is 0.253 e. The lowest BCUT2D eigenvalue weighted by atomic mass is 9.81. The molecule has 2 heterocycles. The Balaban J connectivity index is 1.70. The molecule has 0 aliphatic carbocycles. The maximum absolute atomic E-state index is 12.7. The van der Waals surface area contributed by atoms with Crippen molar-refractivity contribution in [3.8, 4) is 0 Å². The minimum atomic E-state index is 0.0483. The zero-order chi connectivity index (χ0) is 17.9. The number of carbonyl (C=O) groups excluding carboxylic acids is 1. The van der Waals surface area contributed by atoms with E-state index in [1.54, 1.807) is 0 Å². The van der Waals surface area contributed by atoms with Crippen molar-refractivity contribution in [1.82, 2.24) is 15.2 Å². The molecule has 1 aliphatic heterocycles.